The Morgan fingerprint density at radius 3 is 2.50 bits per heavy atom. The molecule has 0 amide bonds. The first-order chi connectivity index (χ1) is 5.86. The van der Waals surface area contributed by atoms with Gasteiger partial charge in [-0.3, -0.25) is 0 Å². The van der Waals surface area contributed by atoms with Crippen molar-refractivity contribution in [2.24, 2.45) is 0 Å². The van der Waals surface area contributed by atoms with E-state index in [0.717, 1.165) is 23.2 Å². The number of aryl methyl sites for hydroxylation is 1. The average molecular weight is 183 g/mol. The van der Waals surface area contributed by atoms with Crippen LogP contribution in [0.15, 0.2) is 0 Å². The molecule has 12 heavy (non-hydrogen) atoms. The molecule has 1 aromatic heterocycles. The number of rotatable bonds is 1. The number of piperidine rings is 1. The van der Waals surface area contributed by atoms with E-state index in [1.807, 2.05) is 6.92 Å². The standard InChI is InChI=1S/C8H13N3S/c1-7-9-10-8(12-7)11-5-3-2-4-6-11/h2-6H2,1H3. The second kappa shape index (κ2) is 3.39. The maximum Gasteiger partial charge on any atom is 0.208 e. The van der Waals surface area contributed by atoms with Crippen LogP contribution in [0.5, 0.6) is 0 Å². The Bertz CT molecular complexity index is 253. The summed E-state index contributed by atoms with van der Waals surface area (Å²) in [7, 11) is 0. The summed E-state index contributed by atoms with van der Waals surface area (Å²) < 4.78 is 0. The number of hydrogen-bond acceptors (Lipinski definition) is 4. The van der Waals surface area contributed by atoms with Crippen molar-refractivity contribution in [3.63, 3.8) is 0 Å². The molecule has 66 valence electrons. The molecule has 0 bridgehead atoms. The molecular formula is C8H13N3S. The molecule has 0 N–H and O–H groups in total. The van der Waals surface area contributed by atoms with Crippen molar-refractivity contribution in [1.82, 2.24) is 10.2 Å². The number of anilines is 1. The molecule has 3 nitrogen and oxygen atoms in total. The van der Waals surface area contributed by atoms with Gasteiger partial charge in [0, 0.05) is 13.1 Å². The highest BCUT2D eigenvalue weighted by molar-refractivity contribution is 7.15. The van der Waals surface area contributed by atoms with E-state index in [9.17, 15) is 0 Å². The maximum absolute atomic E-state index is 4.13. The predicted octanol–water partition coefficient (Wildman–Crippen LogP) is 1.84. The van der Waals surface area contributed by atoms with E-state index in [1.54, 1.807) is 11.3 Å². The minimum Gasteiger partial charge on any atom is -0.347 e. The zero-order valence-corrected chi connectivity index (χ0v) is 8.10. The van der Waals surface area contributed by atoms with Crippen LogP contribution in [0, 0.1) is 6.92 Å². The maximum atomic E-state index is 4.13. The van der Waals surface area contributed by atoms with E-state index < -0.39 is 0 Å². The smallest absolute Gasteiger partial charge is 0.208 e. The lowest BCUT2D eigenvalue weighted by molar-refractivity contribution is 0.575. The molecule has 1 aromatic rings. The third-order valence-electron chi connectivity index (χ3n) is 2.14. The summed E-state index contributed by atoms with van der Waals surface area (Å²) in [5.74, 6) is 0. The van der Waals surface area contributed by atoms with Crippen molar-refractivity contribution in [3.8, 4) is 0 Å². The Morgan fingerprint density at radius 1 is 1.17 bits per heavy atom. The van der Waals surface area contributed by atoms with Gasteiger partial charge in [0.05, 0.1) is 0 Å². The lowest BCUT2D eigenvalue weighted by Crippen LogP contribution is -2.29. The van der Waals surface area contributed by atoms with Gasteiger partial charge >= 0.3 is 0 Å². The van der Waals surface area contributed by atoms with Gasteiger partial charge in [0.1, 0.15) is 5.01 Å². The molecule has 0 radical (unpaired) electrons. The lowest BCUT2D eigenvalue weighted by Gasteiger charge is -2.25. The molecule has 4 heteroatoms. The van der Waals surface area contributed by atoms with Crippen LogP contribution in [0.1, 0.15) is 24.3 Å². The molecule has 2 rings (SSSR count). The quantitative estimate of drug-likeness (QED) is 0.665. The third-order valence-corrected chi connectivity index (χ3v) is 3.04. The fourth-order valence-corrected chi connectivity index (χ4v) is 2.24. The van der Waals surface area contributed by atoms with Crippen molar-refractivity contribution >= 4 is 16.5 Å². The summed E-state index contributed by atoms with van der Waals surface area (Å²) in [6.07, 6.45) is 3.98. The van der Waals surface area contributed by atoms with E-state index in [2.05, 4.69) is 15.1 Å². The summed E-state index contributed by atoms with van der Waals surface area (Å²) >= 11 is 1.70. The van der Waals surface area contributed by atoms with Gasteiger partial charge in [0.2, 0.25) is 5.13 Å². The average Bonchev–Trinajstić information content (AvgIpc) is 2.54. The predicted molar refractivity (Wildman–Crippen MR) is 50.7 cm³/mol. The molecule has 1 saturated heterocycles. The Balaban J connectivity index is 2.08. The van der Waals surface area contributed by atoms with E-state index in [1.165, 1.54) is 19.3 Å². The van der Waals surface area contributed by atoms with Gasteiger partial charge in [0.15, 0.2) is 0 Å². The van der Waals surface area contributed by atoms with Crippen LogP contribution in [0.25, 0.3) is 0 Å². The second-order valence-electron chi connectivity index (χ2n) is 3.15. The Kier molecular flexibility index (Phi) is 2.26. The van der Waals surface area contributed by atoms with Gasteiger partial charge in [0.25, 0.3) is 0 Å². The number of hydrogen-bond donors (Lipinski definition) is 0. The molecule has 2 heterocycles. The fraction of sp³-hybridized carbons (Fsp3) is 0.750. The Labute approximate surface area is 76.4 Å². The van der Waals surface area contributed by atoms with Crippen LogP contribution in [0.4, 0.5) is 5.13 Å². The van der Waals surface area contributed by atoms with Crippen molar-refractivity contribution in [2.45, 2.75) is 26.2 Å². The molecule has 0 aromatic carbocycles. The van der Waals surface area contributed by atoms with Crippen LogP contribution in [0.3, 0.4) is 0 Å². The second-order valence-corrected chi connectivity index (χ2v) is 4.31. The molecule has 0 aliphatic carbocycles. The molecule has 0 saturated carbocycles. The third kappa shape index (κ3) is 1.58. The number of nitrogens with zero attached hydrogens (tertiary/aromatic N) is 3. The van der Waals surface area contributed by atoms with E-state index in [-0.39, 0.29) is 0 Å². The van der Waals surface area contributed by atoms with E-state index >= 15 is 0 Å². The molecule has 1 aliphatic rings. The molecule has 1 fully saturated rings. The van der Waals surface area contributed by atoms with Crippen molar-refractivity contribution in [3.05, 3.63) is 5.01 Å². The first-order valence-electron chi connectivity index (χ1n) is 4.41. The van der Waals surface area contributed by atoms with Crippen molar-refractivity contribution in [1.29, 1.82) is 0 Å². The van der Waals surface area contributed by atoms with Gasteiger partial charge in [-0.1, -0.05) is 11.3 Å². The van der Waals surface area contributed by atoms with Crippen molar-refractivity contribution in [2.75, 3.05) is 18.0 Å². The molecule has 0 atom stereocenters. The first-order valence-corrected chi connectivity index (χ1v) is 5.23. The highest BCUT2D eigenvalue weighted by atomic mass is 32.1. The van der Waals surface area contributed by atoms with Gasteiger partial charge in [-0.05, 0) is 26.2 Å². The Morgan fingerprint density at radius 2 is 1.92 bits per heavy atom. The van der Waals surface area contributed by atoms with Gasteiger partial charge in [-0.2, -0.15) is 0 Å². The minimum absolute atomic E-state index is 1.07. The lowest BCUT2D eigenvalue weighted by atomic mass is 10.1. The van der Waals surface area contributed by atoms with Crippen LogP contribution in [-0.2, 0) is 0 Å². The Hall–Kier alpha value is -0.640. The monoisotopic (exact) mass is 183 g/mol. The van der Waals surface area contributed by atoms with Gasteiger partial charge in [-0.25, -0.2) is 0 Å². The van der Waals surface area contributed by atoms with Gasteiger partial charge in [-0.15, -0.1) is 10.2 Å². The van der Waals surface area contributed by atoms with Crippen LogP contribution < -0.4 is 4.90 Å². The summed E-state index contributed by atoms with van der Waals surface area (Å²) in [6, 6.07) is 0. The highest BCUT2D eigenvalue weighted by Gasteiger charge is 2.13. The number of aromatic nitrogens is 2. The minimum atomic E-state index is 1.07. The highest BCUT2D eigenvalue weighted by Crippen LogP contribution is 2.22. The topological polar surface area (TPSA) is 29.0 Å². The van der Waals surface area contributed by atoms with Crippen LogP contribution in [0.2, 0.25) is 0 Å². The molecular weight excluding hydrogens is 170 g/mol. The summed E-state index contributed by atoms with van der Waals surface area (Å²) in [4.78, 5) is 2.34. The molecule has 0 spiro atoms. The zero-order valence-electron chi connectivity index (χ0n) is 7.29. The van der Waals surface area contributed by atoms with E-state index in [4.69, 9.17) is 0 Å². The fourth-order valence-electron chi connectivity index (χ4n) is 1.50. The zero-order chi connectivity index (χ0) is 8.39. The van der Waals surface area contributed by atoms with Gasteiger partial charge < -0.3 is 4.90 Å². The first kappa shape index (κ1) is 7.98. The SMILES string of the molecule is Cc1nnc(N2CCCCC2)s1. The summed E-state index contributed by atoms with van der Waals surface area (Å²) in [5, 5.41) is 10.3. The normalized spacial score (nSPS) is 18.2. The van der Waals surface area contributed by atoms with Crippen molar-refractivity contribution < 1.29 is 0 Å². The van der Waals surface area contributed by atoms with E-state index in [0.29, 0.717) is 0 Å². The van der Waals surface area contributed by atoms with Crippen LogP contribution in [-0.4, -0.2) is 23.3 Å². The molecule has 1 aliphatic heterocycles. The summed E-state index contributed by atoms with van der Waals surface area (Å²) in [6.45, 7) is 4.33. The largest absolute Gasteiger partial charge is 0.347 e. The summed E-state index contributed by atoms with van der Waals surface area (Å²) in [5.41, 5.74) is 0. The molecule has 0 unspecified atom stereocenters. The van der Waals surface area contributed by atoms with Crippen LogP contribution >= 0.6 is 11.3 Å².